The summed E-state index contributed by atoms with van der Waals surface area (Å²) in [6, 6.07) is 9.18. The maximum Gasteiger partial charge on any atom is 0.325 e. The summed E-state index contributed by atoms with van der Waals surface area (Å²) in [4.78, 5) is 36.4. The van der Waals surface area contributed by atoms with E-state index in [1.54, 1.807) is 6.92 Å². The summed E-state index contributed by atoms with van der Waals surface area (Å²) < 4.78 is 4.63. The highest BCUT2D eigenvalue weighted by Gasteiger charge is 2.49. The van der Waals surface area contributed by atoms with E-state index in [1.807, 2.05) is 30.3 Å². The Kier molecular flexibility index (Phi) is 5.97. The first kappa shape index (κ1) is 19.8. The van der Waals surface area contributed by atoms with Gasteiger partial charge in [0.05, 0.1) is 18.6 Å². The second kappa shape index (κ2) is 7.83. The molecule has 2 rings (SSSR count). The molecule has 0 aliphatic heterocycles. The van der Waals surface area contributed by atoms with Crippen LogP contribution in [0, 0.1) is 5.92 Å². The molecule has 0 radical (unpaired) electrons. The van der Waals surface area contributed by atoms with E-state index in [1.165, 1.54) is 21.0 Å². The van der Waals surface area contributed by atoms with Crippen molar-refractivity contribution >= 4 is 17.5 Å². The molecule has 3 atom stereocenters. The van der Waals surface area contributed by atoms with Crippen LogP contribution in [-0.2, 0) is 19.1 Å². The van der Waals surface area contributed by atoms with Gasteiger partial charge in [-0.05, 0) is 26.3 Å². The normalized spacial score (nSPS) is 25.6. The van der Waals surface area contributed by atoms with Gasteiger partial charge in [0.1, 0.15) is 12.3 Å². The summed E-state index contributed by atoms with van der Waals surface area (Å²) in [5.41, 5.74) is 0.310. The van der Waals surface area contributed by atoms with Gasteiger partial charge in [0.2, 0.25) is 0 Å². The van der Waals surface area contributed by atoms with Gasteiger partial charge in [0, 0.05) is 23.6 Å². The van der Waals surface area contributed by atoms with Crippen LogP contribution in [0.15, 0.2) is 41.6 Å². The Bertz CT molecular complexity index is 736. The zero-order valence-electron chi connectivity index (χ0n) is 15.5. The molecule has 0 saturated heterocycles. The Hall–Kier alpha value is -2.47. The molecule has 6 heteroatoms. The van der Waals surface area contributed by atoms with E-state index in [0.29, 0.717) is 11.3 Å². The number of ketones is 2. The van der Waals surface area contributed by atoms with Crippen LogP contribution in [0.5, 0.6) is 0 Å². The number of hydrogen-bond donors (Lipinski definition) is 2. The molecule has 0 bridgehead atoms. The SMILES string of the molecule is COC(=O)CNC1=C(C(C)=O)[C@H](c2ccccc2)[C@@H](C(C)=O)[C@@](C)(O)C1. The number of carbonyl (C=O) groups excluding carboxylic acids is 3. The molecule has 0 saturated carbocycles. The first-order valence-electron chi connectivity index (χ1n) is 8.51. The molecule has 1 aliphatic rings. The largest absolute Gasteiger partial charge is 0.468 e. The Labute approximate surface area is 153 Å². The van der Waals surface area contributed by atoms with Crippen molar-refractivity contribution in [3.8, 4) is 0 Å². The Morgan fingerprint density at radius 3 is 2.35 bits per heavy atom. The van der Waals surface area contributed by atoms with Crippen molar-refractivity contribution in [1.29, 1.82) is 0 Å². The zero-order valence-corrected chi connectivity index (χ0v) is 15.5. The van der Waals surface area contributed by atoms with Crippen LogP contribution >= 0.6 is 0 Å². The molecule has 0 unspecified atom stereocenters. The van der Waals surface area contributed by atoms with E-state index < -0.39 is 23.4 Å². The number of esters is 1. The molecule has 0 fully saturated rings. The summed E-state index contributed by atoms with van der Waals surface area (Å²) in [7, 11) is 1.28. The smallest absolute Gasteiger partial charge is 0.325 e. The van der Waals surface area contributed by atoms with Gasteiger partial charge in [-0.15, -0.1) is 0 Å². The van der Waals surface area contributed by atoms with Crippen molar-refractivity contribution in [2.24, 2.45) is 5.92 Å². The number of hydrogen-bond acceptors (Lipinski definition) is 6. The van der Waals surface area contributed by atoms with E-state index in [0.717, 1.165) is 5.56 Å². The van der Waals surface area contributed by atoms with Crippen LogP contribution in [-0.4, -0.2) is 41.9 Å². The van der Waals surface area contributed by atoms with E-state index in [2.05, 4.69) is 10.1 Å². The molecule has 6 nitrogen and oxygen atoms in total. The van der Waals surface area contributed by atoms with Crippen LogP contribution in [0.4, 0.5) is 0 Å². The number of carbonyl (C=O) groups is 3. The second-order valence-corrected chi connectivity index (χ2v) is 6.89. The Balaban J connectivity index is 2.62. The first-order valence-corrected chi connectivity index (χ1v) is 8.51. The van der Waals surface area contributed by atoms with Gasteiger partial charge in [0.25, 0.3) is 0 Å². The van der Waals surface area contributed by atoms with Gasteiger partial charge in [0.15, 0.2) is 5.78 Å². The average molecular weight is 359 g/mol. The zero-order chi connectivity index (χ0) is 19.5. The van der Waals surface area contributed by atoms with Gasteiger partial charge < -0.3 is 15.2 Å². The maximum atomic E-state index is 12.5. The standard InChI is InChI=1S/C20H25NO5/c1-12(22)17-15(21-11-16(24)26-4)10-20(3,25)19(13(2)23)18(17)14-8-6-5-7-9-14/h5-9,18-19,21,25H,10-11H2,1-4H3/t18-,19+,20-/m0/s1. The highest BCUT2D eigenvalue weighted by molar-refractivity contribution is 5.98. The number of aliphatic hydroxyl groups is 1. The number of benzene rings is 1. The third-order valence-electron chi connectivity index (χ3n) is 4.82. The average Bonchev–Trinajstić information content (AvgIpc) is 2.58. The highest BCUT2D eigenvalue weighted by atomic mass is 16.5. The van der Waals surface area contributed by atoms with E-state index >= 15 is 0 Å². The molecule has 0 amide bonds. The molecule has 1 aromatic rings. The van der Waals surface area contributed by atoms with Crippen LogP contribution in [0.1, 0.15) is 38.7 Å². The first-order chi connectivity index (χ1) is 12.2. The van der Waals surface area contributed by atoms with E-state index in [9.17, 15) is 19.5 Å². The van der Waals surface area contributed by atoms with E-state index in [-0.39, 0.29) is 24.5 Å². The molecule has 1 aromatic carbocycles. The molecule has 1 aliphatic carbocycles. The molecule has 0 aromatic heterocycles. The number of Topliss-reactive ketones (excluding diaryl/α,β-unsaturated/α-hetero) is 2. The number of allylic oxidation sites excluding steroid dienone is 1. The predicted octanol–water partition coefficient (Wildman–Crippen LogP) is 1.74. The lowest BCUT2D eigenvalue weighted by Gasteiger charge is -2.43. The monoisotopic (exact) mass is 359 g/mol. The Morgan fingerprint density at radius 1 is 1.23 bits per heavy atom. The molecule has 140 valence electrons. The summed E-state index contributed by atoms with van der Waals surface area (Å²) in [5, 5.41) is 13.9. The van der Waals surface area contributed by atoms with Crippen molar-refractivity contribution in [1.82, 2.24) is 5.32 Å². The molecule has 26 heavy (non-hydrogen) atoms. The Morgan fingerprint density at radius 2 is 1.85 bits per heavy atom. The van der Waals surface area contributed by atoms with Crippen LogP contribution < -0.4 is 5.32 Å². The minimum Gasteiger partial charge on any atom is -0.468 e. The minimum atomic E-state index is -1.36. The van der Waals surface area contributed by atoms with Crippen molar-refractivity contribution in [3.05, 3.63) is 47.2 Å². The third-order valence-corrected chi connectivity index (χ3v) is 4.82. The lowest BCUT2D eigenvalue weighted by Crippen LogP contribution is -2.49. The summed E-state index contributed by atoms with van der Waals surface area (Å²) in [6.07, 6.45) is 0.0759. The fraction of sp³-hybridized carbons (Fsp3) is 0.450. The van der Waals surface area contributed by atoms with Crippen LogP contribution in [0.3, 0.4) is 0 Å². The minimum absolute atomic E-state index is 0.0759. The lowest BCUT2D eigenvalue weighted by atomic mass is 9.64. The van der Waals surface area contributed by atoms with Crippen LogP contribution in [0.2, 0.25) is 0 Å². The highest BCUT2D eigenvalue weighted by Crippen LogP contribution is 2.46. The fourth-order valence-electron chi connectivity index (χ4n) is 3.81. The maximum absolute atomic E-state index is 12.5. The molecular formula is C20H25NO5. The van der Waals surface area contributed by atoms with Crippen molar-refractivity contribution in [3.63, 3.8) is 0 Å². The number of ether oxygens (including phenoxy) is 1. The quantitative estimate of drug-likeness (QED) is 0.752. The van der Waals surface area contributed by atoms with Crippen molar-refractivity contribution in [2.45, 2.75) is 38.7 Å². The van der Waals surface area contributed by atoms with Crippen LogP contribution in [0.25, 0.3) is 0 Å². The lowest BCUT2D eigenvalue weighted by molar-refractivity contribution is -0.140. The predicted molar refractivity (Wildman–Crippen MR) is 96.3 cm³/mol. The van der Waals surface area contributed by atoms with Gasteiger partial charge in [-0.3, -0.25) is 14.4 Å². The number of nitrogens with one attached hydrogen (secondary N) is 1. The van der Waals surface area contributed by atoms with E-state index in [4.69, 9.17) is 0 Å². The summed E-state index contributed by atoms with van der Waals surface area (Å²) >= 11 is 0. The summed E-state index contributed by atoms with van der Waals surface area (Å²) in [6.45, 7) is 4.33. The van der Waals surface area contributed by atoms with Gasteiger partial charge in [-0.25, -0.2) is 0 Å². The van der Waals surface area contributed by atoms with Crippen molar-refractivity contribution < 1.29 is 24.2 Å². The van der Waals surface area contributed by atoms with Gasteiger partial charge >= 0.3 is 5.97 Å². The summed E-state index contributed by atoms with van der Waals surface area (Å²) in [5.74, 6) is -2.21. The number of rotatable bonds is 6. The van der Waals surface area contributed by atoms with Gasteiger partial charge in [-0.2, -0.15) is 0 Å². The van der Waals surface area contributed by atoms with Gasteiger partial charge in [-0.1, -0.05) is 30.3 Å². The topological polar surface area (TPSA) is 92.7 Å². The molecule has 0 heterocycles. The molecule has 2 N–H and O–H groups in total. The van der Waals surface area contributed by atoms with Crippen molar-refractivity contribution in [2.75, 3.05) is 13.7 Å². The number of methoxy groups -OCH3 is 1. The second-order valence-electron chi connectivity index (χ2n) is 6.89. The molecule has 0 spiro atoms. The fourth-order valence-corrected chi connectivity index (χ4v) is 3.81. The third kappa shape index (κ3) is 4.02. The molecular weight excluding hydrogens is 334 g/mol.